The Morgan fingerprint density at radius 1 is 1.30 bits per heavy atom. The zero-order valence-electron chi connectivity index (χ0n) is 13.9. The van der Waals surface area contributed by atoms with Crippen molar-refractivity contribution in [1.82, 2.24) is 0 Å². The third kappa shape index (κ3) is 5.46. The summed E-state index contributed by atoms with van der Waals surface area (Å²) in [5, 5.41) is 14.7. The molecule has 3 N–H and O–H groups in total. The number of nitrogens with one attached hydrogen (secondary N) is 2. The van der Waals surface area contributed by atoms with Crippen LogP contribution in [0.25, 0.3) is 0 Å². The van der Waals surface area contributed by atoms with E-state index in [-0.39, 0.29) is 21.8 Å². The number of nitriles is 1. The van der Waals surface area contributed by atoms with E-state index in [1.54, 1.807) is 18.2 Å². The van der Waals surface area contributed by atoms with Crippen molar-refractivity contribution in [1.29, 1.82) is 5.26 Å². The second kappa shape index (κ2) is 8.55. The highest BCUT2D eigenvalue weighted by molar-refractivity contribution is 7.85. The van der Waals surface area contributed by atoms with Gasteiger partial charge in [0, 0.05) is 16.9 Å². The minimum atomic E-state index is -4.37. The van der Waals surface area contributed by atoms with E-state index in [1.807, 2.05) is 0 Å². The standard InChI is InChI=1S/C17H14ClN3O5S/c1-26-16-6-5-12(18)7-15(16)21-17(22)11(9-19)10-20-13-3-2-4-14(8-13)27(23,24)25/h2-8,10,20H,1H3,(H,21,22)(H,23,24,25)/b11-10-. The van der Waals surface area contributed by atoms with Gasteiger partial charge in [0.05, 0.1) is 17.7 Å². The number of carbonyl (C=O) groups excluding carboxylic acids is 1. The summed E-state index contributed by atoms with van der Waals surface area (Å²) in [7, 11) is -2.95. The molecule has 0 unspecified atom stereocenters. The van der Waals surface area contributed by atoms with E-state index in [9.17, 15) is 18.5 Å². The molecular weight excluding hydrogens is 394 g/mol. The van der Waals surface area contributed by atoms with Crippen LogP contribution in [0.4, 0.5) is 11.4 Å². The van der Waals surface area contributed by atoms with Crippen molar-refractivity contribution in [2.24, 2.45) is 0 Å². The number of amides is 1. The highest BCUT2D eigenvalue weighted by Gasteiger charge is 2.13. The molecular formula is C17H14ClN3O5S. The maximum absolute atomic E-state index is 12.3. The van der Waals surface area contributed by atoms with E-state index in [0.29, 0.717) is 10.8 Å². The van der Waals surface area contributed by atoms with Crippen LogP contribution in [-0.4, -0.2) is 26.0 Å². The summed E-state index contributed by atoms with van der Waals surface area (Å²) >= 11 is 5.90. The van der Waals surface area contributed by atoms with Gasteiger partial charge in [0.15, 0.2) is 0 Å². The Labute approximate surface area is 160 Å². The summed E-state index contributed by atoms with van der Waals surface area (Å²) in [6, 6.07) is 11.6. The number of anilines is 2. The summed E-state index contributed by atoms with van der Waals surface area (Å²) < 4.78 is 36.5. The van der Waals surface area contributed by atoms with Crippen molar-refractivity contribution in [2.45, 2.75) is 4.90 Å². The van der Waals surface area contributed by atoms with Crippen LogP contribution in [0.5, 0.6) is 5.75 Å². The fourth-order valence-corrected chi connectivity index (χ4v) is 2.72. The number of nitrogens with zero attached hydrogens (tertiary/aromatic N) is 1. The van der Waals surface area contributed by atoms with Crippen molar-refractivity contribution in [3.05, 3.63) is 59.3 Å². The molecule has 0 radical (unpaired) electrons. The maximum Gasteiger partial charge on any atom is 0.294 e. The van der Waals surface area contributed by atoms with Gasteiger partial charge in [-0.3, -0.25) is 9.35 Å². The van der Waals surface area contributed by atoms with Gasteiger partial charge in [0.25, 0.3) is 16.0 Å². The molecule has 2 aromatic carbocycles. The molecule has 0 atom stereocenters. The van der Waals surface area contributed by atoms with Gasteiger partial charge in [0.1, 0.15) is 17.4 Å². The predicted octanol–water partition coefficient (Wildman–Crippen LogP) is 3.05. The Kier molecular flexibility index (Phi) is 6.41. The van der Waals surface area contributed by atoms with Crippen LogP contribution in [0.2, 0.25) is 5.02 Å². The van der Waals surface area contributed by atoms with Crippen molar-refractivity contribution >= 4 is 39.0 Å². The first-order chi connectivity index (χ1) is 12.7. The summed E-state index contributed by atoms with van der Waals surface area (Å²) in [4.78, 5) is 12.0. The summed E-state index contributed by atoms with van der Waals surface area (Å²) in [6.07, 6.45) is 1.11. The molecule has 27 heavy (non-hydrogen) atoms. The van der Waals surface area contributed by atoms with E-state index in [4.69, 9.17) is 20.9 Å². The number of benzene rings is 2. The fourth-order valence-electron chi connectivity index (χ4n) is 2.02. The molecule has 0 aromatic heterocycles. The Hall–Kier alpha value is -3.06. The van der Waals surface area contributed by atoms with Gasteiger partial charge in [-0.05, 0) is 36.4 Å². The lowest BCUT2D eigenvalue weighted by atomic mass is 10.2. The summed E-state index contributed by atoms with van der Waals surface area (Å²) in [5.41, 5.74) is 0.254. The zero-order chi connectivity index (χ0) is 20.0. The molecule has 0 heterocycles. The molecule has 1 amide bonds. The third-order valence-electron chi connectivity index (χ3n) is 3.29. The van der Waals surface area contributed by atoms with Crippen LogP contribution in [0.1, 0.15) is 0 Å². The van der Waals surface area contributed by atoms with Crippen molar-refractivity contribution < 1.29 is 22.5 Å². The van der Waals surface area contributed by atoms with Crippen LogP contribution in [0.15, 0.2) is 59.1 Å². The summed E-state index contributed by atoms with van der Waals surface area (Å²) in [5.74, 6) is -0.365. The second-order valence-electron chi connectivity index (χ2n) is 5.12. The number of carbonyl (C=O) groups is 1. The number of rotatable bonds is 6. The van der Waals surface area contributed by atoms with E-state index in [2.05, 4.69) is 10.6 Å². The molecule has 140 valence electrons. The minimum Gasteiger partial charge on any atom is -0.495 e. The van der Waals surface area contributed by atoms with Crippen LogP contribution in [-0.2, 0) is 14.9 Å². The molecule has 8 nitrogen and oxygen atoms in total. The smallest absolute Gasteiger partial charge is 0.294 e. The molecule has 0 bridgehead atoms. The number of methoxy groups -OCH3 is 1. The monoisotopic (exact) mass is 407 g/mol. The second-order valence-corrected chi connectivity index (χ2v) is 6.97. The van der Waals surface area contributed by atoms with Gasteiger partial charge in [-0.15, -0.1) is 0 Å². The fraction of sp³-hybridized carbons (Fsp3) is 0.0588. The Morgan fingerprint density at radius 2 is 2.04 bits per heavy atom. The van der Waals surface area contributed by atoms with E-state index < -0.39 is 16.0 Å². The van der Waals surface area contributed by atoms with Crippen molar-refractivity contribution in [3.63, 3.8) is 0 Å². The molecule has 0 spiro atoms. The lowest BCUT2D eigenvalue weighted by Crippen LogP contribution is -2.15. The first-order valence-electron chi connectivity index (χ1n) is 7.34. The first kappa shape index (κ1) is 20.3. The maximum atomic E-state index is 12.3. The van der Waals surface area contributed by atoms with Crippen LogP contribution < -0.4 is 15.4 Å². The molecule has 0 fully saturated rings. The van der Waals surface area contributed by atoms with Crippen LogP contribution in [0.3, 0.4) is 0 Å². The highest BCUT2D eigenvalue weighted by Crippen LogP contribution is 2.28. The molecule has 2 aromatic rings. The quantitative estimate of drug-likeness (QED) is 0.381. The lowest BCUT2D eigenvalue weighted by Gasteiger charge is -2.10. The van der Waals surface area contributed by atoms with Gasteiger partial charge >= 0.3 is 0 Å². The van der Waals surface area contributed by atoms with E-state index >= 15 is 0 Å². The largest absolute Gasteiger partial charge is 0.495 e. The molecule has 2 rings (SSSR count). The molecule has 0 aliphatic heterocycles. The normalized spacial score (nSPS) is 11.4. The van der Waals surface area contributed by atoms with Gasteiger partial charge in [-0.1, -0.05) is 17.7 Å². The zero-order valence-corrected chi connectivity index (χ0v) is 15.5. The average molecular weight is 408 g/mol. The van der Waals surface area contributed by atoms with E-state index in [0.717, 1.165) is 12.3 Å². The molecule has 0 aliphatic carbocycles. The van der Waals surface area contributed by atoms with Crippen molar-refractivity contribution in [2.75, 3.05) is 17.7 Å². The number of hydrogen-bond acceptors (Lipinski definition) is 6. The van der Waals surface area contributed by atoms with Crippen LogP contribution >= 0.6 is 11.6 Å². The third-order valence-corrected chi connectivity index (χ3v) is 4.37. The topological polar surface area (TPSA) is 129 Å². The Morgan fingerprint density at radius 3 is 2.67 bits per heavy atom. The SMILES string of the molecule is COc1ccc(Cl)cc1NC(=O)/C(C#N)=C\Nc1cccc(S(=O)(=O)O)c1. The van der Waals surface area contributed by atoms with Crippen molar-refractivity contribution in [3.8, 4) is 11.8 Å². The average Bonchev–Trinajstić information content (AvgIpc) is 2.62. The molecule has 10 heteroatoms. The van der Waals surface area contributed by atoms with E-state index in [1.165, 1.54) is 31.4 Å². The number of hydrogen-bond donors (Lipinski definition) is 3. The molecule has 0 saturated heterocycles. The van der Waals surface area contributed by atoms with Crippen LogP contribution in [0, 0.1) is 11.3 Å². The lowest BCUT2D eigenvalue weighted by molar-refractivity contribution is -0.112. The van der Waals surface area contributed by atoms with Gasteiger partial charge in [-0.25, -0.2) is 0 Å². The highest BCUT2D eigenvalue weighted by atomic mass is 35.5. The van der Waals surface area contributed by atoms with Gasteiger partial charge in [0.2, 0.25) is 0 Å². The van der Waals surface area contributed by atoms with Gasteiger partial charge < -0.3 is 15.4 Å². The molecule has 0 aliphatic rings. The number of ether oxygens (including phenoxy) is 1. The Bertz CT molecular complexity index is 1040. The Balaban J connectivity index is 2.21. The minimum absolute atomic E-state index is 0.256. The molecule has 0 saturated carbocycles. The van der Waals surface area contributed by atoms with Gasteiger partial charge in [-0.2, -0.15) is 13.7 Å². The predicted molar refractivity (Wildman–Crippen MR) is 100 cm³/mol. The first-order valence-corrected chi connectivity index (χ1v) is 9.15. The number of halogens is 1. The summed E-state index contributed by atoms with van der Waals surface area (Å²) in [6.45, 7) is 0.